The van der Waals surface area contributed by atoms with Gasteiger partial charge in [-0.3, -0.25) is 14.4 Å². The summed E-state index contributed by atoms with van der Waals surface area (Å²) in [5, 5.41) is 0. The molecule has 4 fully saturated rings. The first-order valence-electron chi connectivity index (χ1n) is 21.9. The first-order valence-corrected chi connectivity index (χ1v) is 21.9. The van der Waals surface area contributed by atoms with Crippen molar-refractivity contribution >= 4 is 17.7 Å². The number of rotatable bonds is 15. The number of carbonyl (C=O) groups is 3. The summed E-state index contributed by atoms with van der Waals surface area (Å²) in [4.78, 5) is 41.5. The van der Waals surface area contributed by atoms with Crippen LogP contribution in [0.3, 0.4) is 0 Å². The molecule has 11 atom stereocenters. The van der Waals surface area contributed by atoms with Gasteiger partial charge in [0.25, 0.3) is 0 Å². The van der Waals surface area contributed by atoms with Crippen LogP contribution in [0.15, 0.2) is 42.0 Å². The number of amides is 1. The quantitative estimate of drug-likeness (QED) is 0.0760. The molecule has 3 saturated carbocycles. The molecular formula is C48H73NO7. The fourth-order valence-corrected chi connectivity index (χ4v) is 13.2. The standard InChI is InChI=1S/C48H73NO7/c1-11-12-25-56-43(52)41-44(6,34(5)32(2)3)22-23-46(8)36-18-19-39-45(7)30-54-31-48(39,37(36)20-21-47(41,46)9)28-38(53-10)42(45)55-26-24-49(40(51)27-33(4)50)29-35-16-14-13-15-17-35/h13-17,20,32,34,36,38-39,41-42H,11-12,18-19,21-31H2,1-10H3/t34-,36+,38-,39+,41-,42+,44-,45+,46-,47+,48?/m1/s1. The van der Waals surface area contributed by atoms with Gasteiger partial charge in [-0.25, -0.2) is 0 Å². The van der Waals surface area contributed by atoms with E-state index in [9.17, 15) is 14.4 Å². The Balaban J connectivity index is 1.29. The Bertz CT molecular complexity index is 1610. The SMILES string of the molecule is CCCCOC(=O)[C@@H]1[C@@](C)([C@H](C)C(C)C)CC[C@]2(C)[C@H]3CC[C@@H]4C5(COC[C@]4(C)[C@@H](OCCN(Cc4ccccc4)C(=O)CC(C)=O)[C@H](OC)C5)C3=CC[C@@]12C. The molecule has 1 amide bonds. The minimum absolute atomic E-state index is 0.0154. The number of hydrogen-bond acceptors (Lipinski definition) is 7. The van der Waals surface area contributed by atoms with Gasteiger partial charge in [0, 0.05) is 31.0 Å². The molecule has 1 aliphatic heterocycles. The van der Waals surface area contributed by atoms with E-state index in [1.54, 1.807) is 10.5 Å². The normalized spacial score (nSPS) is 38.1. The van der Waals surface area contributed by atoms with E-state index in [1.165, 1.54) is 6.92 Å². The number of ketones is 1. The molecule has 56 heavy (non-hydrogen) atoms. The van der Waals surface area contributed by atoms with Crippen molar-refractivity contribution in [2.24, 2.45) is 56.7 Å². The summed E-state index contributed by atoms with van der Waals surface area (Å²) in [7, 11) is 1.82. The van der Waals surface area contributed by atoms with Gasteiger partial charge in [-0.2, -0.15) is 0 Å². The number of fused-ring (bicyclic) bond motifs is 3. The Labute approximate surface area is 338 Å². The fourth-order valence-electron chi connectivity index (χ4n) is 13.2. The number of benzene rings is 1. The van der Waals surface area contributed by atoms with E-state index in [-0.39, 0.29) is 69.3 Å². The largest absolute Gasteiger partial charge is 0.465 e. The maximum atomic E-state index is 14.5. The zero-order valence-electron chi connectivity index (χ0n) is 36.4. The lowest BCUT2D eigenvalue weighted by Gasteiger charge is -2.71. The highest BCUT2D eigenvalue weighted by atomic mass is 16.5. The second-order valence-electron chi connectivity index (χ2n) is 20.0. The van der Waals surface area contributed by atoms with Gasteiger partial charge in [0.15, 0.2) is 0 Å². The monoisotopic (exact) mass is 776 g/mol. The molecule has 0 N–H and O–H groups in total. The average molecular weight is 776 g/mol. The second kappa shape index (κ2) is 16.6. The summed E-state index contributed by atoms with van der Waals surface area (Å²) in [6, 6.07) is 9.92. The van der Waals surface area contributed by atoms with Crippen molar-refractivity contribution in [2.45, 2.75) is 139 Å². The lowest BCUT2D eigenvalue weighted by molar-refractivity contribution is -0.267. The Morgan fingerprint density at radius 1 is 0.964 bits per heavy atom. The third-order valence-electron chi connectivity index (χ3n) is 16.7. The molecule has 8 heteroatoms. The number of esters is 1. The summed E-state index contributed by atoms with van der Waals surface area (Å²) < 4.78 is 26.2. The van der Waals surface area contributed by atoms with Crippen LogP contribution in [0.25, 0.3) is 0 Å². The third-order valence-corrected chi connectivity index (χ3v) is 16.7. The van der Waals surface area contributed by atoms with Gasteiger partial charge in [0.05, 0.1) is 51.0 Å². The molecule has 2 bridgehead atoms. The Kier molecular flexibility index (Phi) is 12.8. The van der Waals surface area contributed by atoms with Gasteiger partial charge in [-0.05, 0) is 97.3 Å². The first-order chi connectivity index (χ1) is 26.5. The van der Waals surface area contributed by atoms with Crippen LogP contribution in [-0.4, -0.2) is 74.8 Å². The summed E-state index contributed by atoms with van der Waals surface area (Å²) in [6.07, 6.45) is 9.98. The molecule has 5 aliphatic rings. The molecule has 1 heterocycles. The van der Waals surface area contributed by atoms with Gasteiger partial charge < -0.3 is 23.8 Å². The third kappa shape index (κ3) is 7.24. The minimum atomic E-state index is -0.290. The minimum Gasteiger partial charge on any atom is -0.465 e. The lowest BCUT2D eigenvalue weighted by atomic mass is 9.34. The number of carbonyl (C=O) groups excluding carboxylic acids is 3. The van der Waals surface area contributed by atoms with Gasteiger partial charge >= 0.3 is 5.97 Å². The summed E-state index contributed by atoms with van der Waals surface area (Å²) in [5.41, 5.74) is 1.65. The maximum absolute atomic E-state index is 14.5. The van der Waals surface area contributed by atoms with Gasteiger partial charge in [0.2, 0.25) is 5.91 Å². The van der Waals surface area contributed by atoms with E-state index in [1.807, 2.05) is 37.4 Å². The highest BCUT2D eigenvalue weighted by molar-refractivity contribution is 5.96. The highest BCUT2D eigenvalue weighted by Crippen LogP contribution is 2.75. The highest BCUT2D eigenvalue weighted by Gasteiger charge is 2.72. The summed E-state index contributed by atoms with van der Waals surface area (Å²) >= 11 is 0. The number of nitrogens with zero attached hydrogens (tertiary/aromatic N) is 1. The second-order valence-corrected chi connectivity index (χ2v) is 20.0. The molecule has 312 valence electrons. The molecule has 0 aromatic heterocycles. The van der Waals surface area contributed by atoms with E-state index in [0.717, 1.165) is 56.9 Å². The van der Waals surface area contributed by atoms with Crippen LogP contribution >= 0.6 is 0 Å². The van der Waals surface area contributed by atoms with Crippen molar-refractivity contribution < 1.29 is 33.3 Å². The Morgan fingerprint density at radius 3 is 2.36 bits per heavy atom. The number of allylic oxidation sites excluding steroid dienone is 1. The molecule has 1 unspecified atom stereocenters. The average Bonchev–Trinajstić information content (AvgIpc) is 3.15. The maximum Gasteiger partial charge on any atom is 0.310 e. The zero-order valence-corrected chi connectivity index (χ0v) is 36.4. The zero-order chi connectivity index (χ0) is 40.7. The van der Waals surface area contributed by atoms with Crippen molar-refractivity contribution in [2.75, 3.05) is 40.1 Å². The van der Waals surface area contributed by atoms with Crippen LogP contribution in [0.2, 0.25) is 0 Å². The number of hydrogen-bond donors (Lipinski definition) is 0. The summed E-state index contributed by atoms with van der Waals surface area (Å²) in [6.45, 7) is 23.3. The topological polar surface area (TPSA) is 91.4 Å². The molecule has 8 nitrogen and oxygen atoms in total. The number of methoxy groups -OCH3 is 1. The van der Waals surface area contributed by atoms with Crippen LogP contribution in [0.5, 0.6) is 0 Å². The lowest BCUT2D eigenvalue weighted by Crippen LogP contribution is -2.70. The van der Waals surface area contributed by atoms with Gasteiger partial charge in [0.1, 0.15) is 5.78 Å². The summed E-state index contributed by atoms with van der Waals surface area (Å²) in [5.74, 6) is 1.09. The van der Waals surface area contributed by atoms with E-state index in [4.69, 9.17) is 18.9 Å². The number of ether oxygens (including phenoxy) is 4. The molecule has 0 spiro atoms. The molecule has 6 rings (SSSR count). The van der Waals surface area contributed by atoms with Crippen LogP contribution in [0.1, 0.15) is 126 Å². The number of unbranched alkanes of at least 4 members (excludes halogenated alkanes) is 1. The first kappa shape index (κ1) is 43.0. The molecular weight excluding hydrogens is 703 g/mol. The van der Waals surface area contributed by atoms with Crippen molar-refractivity contribution in [1.82, 2.24) is 4.90 Å². The van der Waals surface area contributed by atoms with E-state index in [2.05, 4.69) is 61.5 Å². The Hall–Kier alpha value is -2.55. The predicted octanol–water partition coefficient (Wildman–Crippen LogP) is 9.24. The Morgan fingerprint density at radius 2 is 1.70 bits per heavy atom. The fraction of sp³-hybridized carbons (Fsp3) is 0.771. The van der Waals surface area contributed by atoms with Crippen LogP contribution in [0.4, 0.5) is 0 Å². The van der Waals surface area contributed by atoms with Gasteiger partial charge in [-0.15, -0.1) is 0 Å². The van der Waals surface area contributed by atoms with Crippen LogP contribution < -0.4 is 0 Å². The van der Waals surface area contributed by atoms with E-state index < -0.39 is 0 Å². The molecule has 4 aliphatic carbocycles. The van der Waals surface area contributed by atoms with Crippen molar-refractivity contribution in [3.63, 3.8) is 0 Å². The van der Waals surface area contributed by atoms with Crippen molar-refractivity contribution in [3.8, 4) is 0 Å². The predicted molar refractivity (Wildman–Crippen MR) is 219 cm³/mol. The number of Topliss-reactive ketones (excluding diaryl/α,β-unsaturated/α-hetero) is 1. The molecule has 1 aromatic carbocycles. The van der Waals surface area contributed by atoms with Gasteiger partial charge in [-0.1, -0.05) is 104 Å². The molecule has 1 aromatic rings. The molecule has 1 saturated heterocycles. The van der Waals surface area contributed by atoms with Crippen LogP contribution in [0, 0.1) is 56.7 Å². The van der Waals surface area contributed by atoms with E-state index in [0.29, 0.717) is 63.2 Å². The smallest absolute Gasteiger partial charge is 0.310 e. The van der Waals surface area contributed by atoms with Crippen molar-refractivity contribution in [1.29, 1.82) is 0 Å². The van der Waals surface area contributed by atoms with Crippen molar-refractivity contribution in [3.05, 3.63) is 47.5 Å². The molecule has 0 radical (unpaired) electrons. The van der Waals surface area contributed by atoms with Crippen LogP contribution in [-0.2, 0) is 39.9 Å². The van der Waals surface area contributed by atoms with E-state index >= 15 is 0 Å².